The van der Waals surface area contributed by atoms with Crippen molar-refractivity contribution in [3.63, 3.8) is 0 Å². The van der Waals surface area contributed by atoms with Crippen molar-refractivity contribution in [3.8, 4) is 0 Å². The molecule has 1 aromatic rings. The van der Waals surface area contributed by atoms with Gasteiger partial charge < -0.3 is 15.1 Å². The second-order valence-corrected chi connectivity index (χ2v) is 6.09. The number of piperidine rings is 2. The van der Waals surface area contributed by atoms with Crippen molar-refractivity contribution in [1.29, 1.82) is 0 Å². The summed E-state index contributed by atoms with van der Waals surface area (Å²) in [6, 6.07) is 2.84. The lowest BCUT2D eigenvalue weighted by atomic mass is 9.84. The largest absolute Gasteiger partial charge is 0.373 e. The lowest BCUT2D eigenvalue weighted by Gasteiger charge is -2.46. The maximum Gasteiger partial charge on any atom is 0.134 e. The lowest BCUT2D eigenvalue weighted by molar-refractivity contribution is 0.102. The quantitative estimate of drug-likeness (QED) is 0.891. The van der Waals surface area contributed by atoms with E-state index in [-0.39, 0.29) is 0 Å². The molecule has 0 radical (unpaired) electrons. The number of nitrogens with zero attached hydrogens (tertiary/aromatic N) is 4. The van der Waals surface area contributed by atoms with Gasteiger partial charge in [-0.05, 0) is 45.7 Å². The van der Waals surface area contributed by atoms with Crippen LogP contribution in [0.3, 0.4) is 0 Å². The smallest absolute Gasteiger partial charge is 0.134 e. The molecule has 2 aliphatic rings. The van der Waals surface area contributed by atoms with Crippen LogP contribution in [0.15, 0.2) is 6.07 Å². The average molecular weight is 275 g/mol. The fourth-order valence-corrected chi connectivity index (χ4v) is 3.70. The van der Waals surface area contributed by atoms with Gasteiger partial charge in [-0.25, -0.2) is 9.97 Å². The molecule has 2 unspecified atom stereocenters. The second kappa shape index (κ2) is 5.56. The van der Waals surface area contributed by atoms with Crippen LogP contribution in [0, 0.1) is 12.8 Å². The second-order valence-electron chi connectivity index (χ2n) is 6.09. The molecular weight excluding hydrogens is 250 g/mol. The minimum absolute atomic E-state index is 0.770. The SMILES string of the molecule is CNc1cc(N2CCC3C(CCCN3C)C2)nc(C)n1. The molecule has 20 heavy (non-hydrogen) atoms. The zero-order chi connectivity index (χ0) is 14.1. The van der Waals surface area contributed by atoms with E-state index in [0.717, 1.165) is 42.5 Å². The normalized spacial score (nSPS) is 27.2. The standard InChI is InChI=1S/C15H25N5/c1-11-17-14(16-2)9-15(18-11)20-8-6-13-12(10-20)5-4-7-19(13)3/h9,12-13H,4-8,10H2,1-3H3,(H,16,17,18). The topological polar surface area (TPSA) is 44.3 Å². The highest BCUT2D eigenvalue weighted by molar-refractivity contribution is 5.49. The monoisotopic (exact) mass is 275 g/mol. The lowest BCUT2D eigenvalue weighted by Crippen LogP contribution is -2.52. The van der Waals surface area contributed by atoms with E-state index in [2.05, 4.69) is 38.2 Å². The van der Waals surface area contributed by atoms with Crippen LogP contribution in [0.25, 0.3) is 0 Å². The molecular formula is C15H25N5. The molecule has 0 spiro atoms. The highest BCUT2D eigenvalue weighted by Gasteiger charge is 2.34. The maximum atomic E-state index is 4.62. The van der Waals surface area contributed by atoms with Crippen LogP contribution in [0.4, 0.5) is 11.6 Å². The predicted molar refractivity (Wildman–Crippen MR) is 82.3 cm³/mol. The molecule has 2 aliphatic heterocycles. The zero-order valence-electron chi connectivity index (χ0n) is 12.8. The number of aromatic nitrogens is 2. The molecule has 0 aliphatic carbocycles. The molecule has 3 heterocycles. The van der Waals surface area contributed by atoms with Gasteiger partial charge >= 0.3 is 0 Å². The molecule has 110 valence electrons. The van der Waals surface area contributed by atoms with E-state index in [4.69, 9.17) is 0 Å². The van der Waals surface area contributed by atoms with Crippen LogP contribution in [-0.2, 0) is 0 Å². The molecule has 5 heteroatoms. The number of fused-ring (bicyclic) bond motifs is 1. The third kappa shape index (κ3) is 2.59. The third-order valence-electron chi connectivity index (χ3n) is 4.75. The van der Waals surface area contributed by atoms with E-state index in [1.165, 1.54) is 25.8 Å². The van der Waals surface area contributed by atoms with Gasteiger partial charge in [0.2, 0.25) is 0 Å². The van der Waals surface area contributed by atoms with Gasteiger partial charge in [0.1, 0.15) is 17.5 Å². The number of nitrogens with one attached hydrogen (secondary N) is 1. The summed E-state index contributed by atoms with van der Waals surface area (Å²) < 4.78 is 0. The molecule has 1 aromatic heterocycles. The third-order valence-corrected chi connectivity index (χ3v) is 4.75. The number of rotatable bonds is 2. The van der Waals surface area contributed by atoms with Crippen LogP contribution in [0.1, 0.15) is 25.1 Å². The Kier molecular flexibility index (Phi) is 3.78. The Bertz CT molecular complexity index is 475. The van der Waals surface area contributed by atoms with Gasteiger partial charge in [0.05, 0.1) is 0 Å². The summed E-state index contributed by atoms with van der Waals surface area (Å²) >= 11 is 0. The van der Waals surface area contributed by atoms with E-state index in [0.29, 0.717) is 0 Å². The van der Waals surface area contributed by atoms with Crippen molar-refractivity contribution >= 4 is 11.6 Å². The molecule has 3 rings (SSSR count). The minimum atomic E-state index is 0.770. The molecule has 2 fully saturated rings. The van der Waals surface area contributed by atoms with Gasteiger partial charge in [0.25, 0.3) is 0 Å². The molecule has 0 amide bonds. The van der Waals surface area contributed by atoms with Crippen LogP contribution in [0.5, 0.6) is 0 Å². The number of hydrogen-bond acceptors (Lipinski definition) is 5. The molecule has 1 N–H and O–H groups in total. The average Bonchev–Trinajstić information content (AvgIpc) is 2.46. The number of likely N-dealkylation sites (tertiary alicyclic amines) is 1. The van der Waals surface area contributed by atoms with E-state index >= 15 is 0 Å². The van der Waals surface area contributed by atoms with Crippen molar-refractivity contribution in [3.05, 3.63) is 11.9 Å². The molecule has 0 aromatic carbocycles. The Balaban J connectivity index is 1.77. The first kappa shape index (κ1) is 13.6. The van der Waals surface area contributed by atoms with E-state index in [1.807, 2.05) is 14.0 Å². The first-order valence-electron chi connectivity index (χ1n) is 7.66. The Morgan fingerprint density at radius 1 is 1.25 bits per heavy atom. The maximum absolute atomic E-state index is 4.62. The number of anilines is 2. The highest BCUT2D eigenvalue weighted by atomic mass is 15.2. The fourth-order valence-electron chi connectivity index (χ4n) is 3.70. The van der Waals surface area contributed by atoms with Gasteiger partial charge in [0.15, 0.2) is 0 Å². The van der Waals surface area contributed by atoms with Crippen molar-refractivity contribution in [2.45, 2.75) is 32.2 Å². The number of aryl methyl sites for hydroxylation is 1. The molecule has 0 bridgehead atoms. The van der Waals surface area contributed by atoms with Gasteiger partial charge in [-0.15, -0.1) is 0 Å². The molecule has 2 saturated heterocycles. The Morgan fingerprint density at radius 2 is 2.10 bits per heavy atom. The van der Waals surface area contributed by atoms with Crippen LogP contribution >= 0.6 is 0 Å². The summed E-state index contributed by atoms with van der Waals surface area (Å²) in [5.74, 6) is 3.62. The summed E-state index contributed by atoms with van der Waals surface area (Å²) in [7, 11) is 4.19. The van der Waals surface area contributed by atoms with Crippen molar-refractivity contribution in [2.75, 3.05) is 43.9 Å². The summed E-state index contributed by atoms with van der Waals surface area (Å²) in [6.07, 6.45) is 3.93. The van der Waals surface area contributed by atoms with Crippen molar-refractivity contribution in [1.82, 2.24) is 14.9 Å². The summed E-state index contributed by atoms with van der Waals surface area (Å²) in [5, 5.41) is 3.12. The zero-order valence-corrected chi connectivity index (χ0v) is 12.8. The van der Waals surface area contributed by atoms with Crippen molar-refractivity contribution < 1.29 is 0 Å². The van der Waals surface area contributed by atoms with E-state index < -0.39 is 0 Å². The fraction of sp³-hybridized carbons (Fsp3) is 0.733. The van der Waals surface area contributed by atoms with E-state index in [1.54, 1.807) is 0 Å². The predicted octanol–water partition coefficient (Wildman–Crippen LogP) is 1.75. The Labute approximate surface area is 121 Å². The van der Waals surface area contributed by atoms with Crippen LogP contribution < -0.4 is 10.2 Å². The summed E-state index contributed by atoms with van der Waals surface area (Å²) in [6.45, 7) is 5.46. The Hall–Kier alpha value is -1.36. The van der Waals surface area contributed by atoms with Gasteiger partial charge in [-0.1, -0.05) is 0 Å². The molecule has 0 saturated carbocycles. The highest BCUT2D eigenvalue weighted by Crippen LogP contribution is 2.31. The van der Waals surface area contributed by atoms with Crippen LogP contribution in [0.2, 0.25) is 0 Å². The van der Waals surface area contributed by atoms with Crippen molar-refractivity contribution in [2.24, 2.45) is 5.92 Å². The van der Waals surface area contributed by atoms with E-state index in [9.17, 15) is 0 Å². The first-order valence-corrected chi connectivity index (χ1v) is 7.66. The van der Waals surface area contributed by atoms with Crippen LogP contribution in [-0.4, -0.2) is 54.6 Å². The van der Waals surface area contributed by atoms with Gasteiger partial charge in [0, 0.05) is 32.2 Å². The first-order chi connectivity index (χ1) is 9.67. The minimum Gasteiger partial charge on any atom is -0.373 e. The molecule has 2 atom stereocenters. The summed E-state index contributed by atoms with van der Waals surface area (Å²) in [4.78, 5) is 14.0. The molecule has 5 nitrogen and oxygen atoms in total. The summed E-state index contributed by atoms with van der Waals surface area (Å²) in [5.41, 5.74) is 0. The van der Waals surface area contributed by atoms with Gasteiger partial charge in [-0.2, -0.15) is 0 Å². The number of hydrogen-bond donors (Lipinski definition) is 1. The Morgan fingerprint density at radius 3 is 2.90 bits per heavy atom. The van der Waals surface area contributed by atoms with Gasteiger partial charge in [-0.3, -0.25) is 0 Å².